The molecule has 2 aromatic rings. The van der Waals surface area contributed by atoms with Crippen molar-refractivity contribution in [2.75, 3.05) is 19.0 Å². The molecule has 126 valence electrons. The molecule has 2 rings (SSSR count). The van der Waals surface area contributed by atoms with Crippen LogP contribution in [0.15, 0.2) is 36.4 Å². The second kappa shape index (κ2) is 7.50. The van der Waals surface area contributed by atoms with E-state index in [9.17, 15) is 9.59 Å². The van der Waals surface area contributed by atoms with Crippen molar-refractivity contribution < 1.29 is 24.2 Å². The Balaban J connectivity index is 2.08. The van der Waals surface area contributed by atoms with Gasteiger partial charge < -0.3 is 19.9 Å². The Morgan fingerprint density at radius 1 is 1.12 bits per heavy atom. The number of anilines is 1. The fourth-order valence-electron chi connectivity index (χ4n) is 2.15. The van der Waals surface area contributed by atoms with Crippen molar-refractivity contribution >= 4 is 17.6 Å². The average molecular weight is 329 g/mol. The molecule has 0 aromatic heterocycles. The number of carboxylic acids is 1. The fraction of sp³-hybridized carbons (Fsp3) is 0.222. The molecule has 24 heavy (non-hydrogen) atoms. The molecule has 0 spiro atoms. The predicted molar refractivity (Wildman–Crippen MR) is 90.0 cm³/mol. The van der Waals surface area contributed by atoms with Crippen LogP contribution in [0.2, 0.25) is 0 Å². The summed E-state index contributed by atoms with van der Waals surface area (Å²) < 4.78 is 10.7. The third kappa shape index (κ3) is 4.04. The first-order chi connectivity index (χ1) is 11.4. The van der Waals surface area contributed by atoms with Gasteiger partial charge in [0.1, 0.15) is 11.5 Å². The Hall–Kier alpha value is -3.02. The number of carboxylic acid groups (broad SMARTS) is 1. The number of aryl methyl sites for hydroxylation is 1. The van der Waals surface area contributed by atoms with Crippen molar-refractivity contribution in [3.8, 4) is 11.5 Å². The minimum Gasteiger partial charge on any atom is -0.495 e. The molecule has 2 aromatic carbocycles. The van der Waals surface area contributed by atoms with Gasteiger partial charge in [-0.1, -0.05) is 12.1 Å². The topological polar surface area (TPSA) is 84.9 Å². The van der Waals surface area contributed by atoms with Crippen molar-refractivity contribution in [2.45, 2.75) is 13.8 Å². The van der Waals surface area contributed by atoms with E-state index in [1.807, 2.05) is 26.0 Å². The summed E-state index contributed by atoms with van der Waals surface area (Å²) >= 11 is 0. The second-order valence-electron chi connectivity index (χ2n) is 5.26. The number of carbonyl (C=O) groups excluding carboxylic acids is 1. The highest BCUT2D eigenvalue weighted by Crippen LogP contribution is 2.26. The van der Waals surface area contributed by atoms with Crippen molar-refractivity contribution in [3.63, 3.8) is 0 Å². The molecule has 0 heterocycles. The van der Waals surface area contributed by atoms with Crippen LogP contribution in [-0.2, 0) is 4.79 Å². The van der Waals surface area contributed by atoms with E-state index in [1.165, 1.54) is 25.3 Å². The molecule has 0 bridgehead atoms. The molecule has 0 atom stereocenters. The number of hydrogen-bond donors (Lipinski definition) is 2. The lowest BCUT2D eigenvalue weighted by Gasteiger charge is -2.13. The molecule has 1 amide bonds. The minimum atomic E-state index is -1.08. The number of ether oxygens (including phenoxy) is 2. The maximum atomic E-state index is 12.1. The standard InChI is InChI=1S/C18H19NO5/c1-11-5-4-6-15(12(11)2)24-10-17(20)19-14-9-13(18(21)22)7-8-16(14)23-3/h4-9H,10H2,1-3H3,(H,19,20)(H,21,22). The highest BCUT2D eigenvalue weighted by molar-refractivity contribution is 5.96. The lowest BCUT2D eigenvalue weighted by atomic mass is 10.1. The summed E-state index contributed by atoms with van der Waals surface area (Å²) in [4.78, 5) is 23.1. The second-order valence-corrected chi connectivity index (χ2v) is 5.26. The molecular weight excluding hydrogens is 310 g/mol. The number of rotatable bonds is 6. The van der Waals surface area contributed by atoms with Gasteiger partial charge in [0, 0.05) is 0 Å². The summed E-state index contributed by atoms with van der Waals surface area (Å²) in [5.74, 6) is -0.479. The lowest BCUT2D eigenvalue weighted by Crippen LogP contribution is -2.21. The summed E-state index contributed by atoms with van der Waals surface area (Å²) in [5, 5.41) is 11.6. The summed E-state index contributed by atoms with van der Waals surface area (Å²) in [6.07, 6.45) is 0. The van der Waals surface area contributed by atoms with E-state index < -0.39 is 11.9 Å². The Kier molecular flexibility index (Phi) is 5.42. The minimum absolute atomic E-state index is 0.0570. The SMILES string of the molecule is COc1ccc(C(=O)O)cc1NC(=O)COc1cccc(C)c1C. The van der Waals surface area contributed by atoms with Gasteiger partial charge in [-0.2, -0.15) is 0 Å². The van der Waals surface area contributed by atoms with Crippen molar-refractivity contribution in [3.05, 3.63) is 53.1 Å². The number of aromatic carboxylic acids is 1. The Morgan fingerprint density at radius 2 is 1.88 bits per heavy atom. The highest BCUT2D eigenvalue weighted by Gasteiger charge is 2.12. The fourth-order valence-corrected chi connectivity index (χ4v) is 2.15. The monoisotopic (exact) mass is 329 g/mol. The van der Waals surface area contributed by atoms with Crippen LogP contribution in [0.3, 0.4) is 0 Å². The average Bonchev–Trinajstić information content (AvgIpc) is 2.56. The molecule has 2 N–H and O–H groups in total. The number of benzene rings is 2. The van der Waals surface area contributed by atoms with Gasteiger partial charge in [-0.15, -0.1) is 0 Å². The van der Waals surface area contributed by atoms with E-state index >= 15 is 0 Å². The van der Waals surface area contributed by atoms with Crippen molar-refractivity contribution in [2.24, 2.45) is 0 Å². The van der Waals surface area contributed by atoms with Crippen LogP contribution in [0, 0.1) is 13.8 Å². The third-order valence-corrected chi connectivity index (χ3v) is 3.63. The van der Waals surface area contributed by atoms with E-state index in [0.29, 0.717) is 11.5 Å². The molecule has 0 fully saturated rings. The largest absolute Gasteiger partial charge is 0.495 e. The summed E-state index contributed by atoms with van der Waals surface area (Å²) in [6.45, 7) is 3.69. The van der Waals surface area contributed by atoms with Gasteiger partial charge in [0.05, 0.1) is 18.4 Å². The van der Waals surface area contributed by atoms with Gasteiger partial charge in [-0.25, -0.2) is 4.79 Å². The van der Waals surface area contributed by atoms with Crippen molar-refractivity contribution in [1.29, 1.82) is 0 Å². The van der Waals surface area contributed by atoms with Gasteiger partial charge in [-0.3, -0.25) is 4.79 Å². The van der Waals surface area contributed by atoms with Crippen LogP contribution in [-0.4, -0.2) is 30.7 Å². The van der Waals surface area contributed by atoms with E-state index in [0.717, 1.165) is 11.1 Å². The molecule has 0 aliphatic carbocycles. The molecule has 6 nitrogen and oxygen atoms in total. The highest BCUT2D eigenvalue weighted by atomic mass is 16.5. The number of amides is 1. The molecule has 0 saturated heterocycles. The molecule has 0 unspecified atom stereocenters. The number of hydrogen-bond acceptors (Lipinski definition) is 4. The van der Waals surface area contributed by atoms with Crippen LogP contribution in [0.1, 0.15) is 21.5 Å². The maximum absolute atomic E-state index is 12.1. The molecule has 0 radical (unpaired) electrons. The van der Waals surface area contributed by atoms with Crippen LogP contribution in [0.25, 0.3) is 0 Å². The zero-order valence-corrected chi connectivity index (χ0v) is 13.8. The van der Waals surface area contributed by atoms with E-state index in [-0.39, 0.29) is 17.9 Å². The van der Waals surface area contributed by atoms with E-state index in [1.54, 1.807) is 6.07 Å². The number of methoxy groups -OCH3 is 1. The first-order valence-electron chi connectivity index (χ1n) is 7.32. The van der Waals surface area contributed by atoms with Gasteiger partial charge in [-0.05, 0) is 49.2 Å². The maximum Gasteiger partial charge on any atom is 0.335 e. The van der Waals surface area contributed by atoms with Crippen LogP contribution in [0.5, 0.6) is 11.5 Å². The number of carbonyl (C=O) groups is 2. The van der Waals surface area contributed by atoms with E-state index in [2.05, 4.69) is 5.32 Å². The summed E-state index contributed by atoms with van der Waals surface area (Å²) in [7, 11) is 1.44. The Labute approximate surface area is 140 Å². The summed E-state index contributed by atoms with van der Waals surface area (Å²) in [5.41, 5.74) is 2.38. The lowest BCUT2D eigenvalue weighted by molar-refractivity contribution is -0.118. The molecule has 0 saturated carbocycles. The molecule has 6 heteroatoms. The zero-order chi connectivity index (χ0) is 17.7. The summed E-state index contributed by atoms with van der Waals surface area (Å²) in [6, 6.07) is 9.85. The quantitative estimate of drug-likeness (QED) is 0.851. The van der Waals surface area contributed by atoms with Crippen molar-refractivity contribution in [1.82, 2.24) is 0 Å². The Bertz CT molecular complexity index is 770. The predicted octanol–water partition coefficient (Wildman–Crippen LogP) is 3.03. The first-order valence-corrected chi connectivity index (χ1v) is 7.32. The normalized spacial score (nSPS) is 10.1. The smallest absolute Gasteiger partial charge is 0.335 e. The molecule has 0 aliphatic rings. The van der Waals surface area contributed by atoms with Gasteiger partial charge in [0.25, 0.3) is 5.91 Å². The Morgan fingerprint density at radius 3 is 2.54 bits per heavy atom. The molecule has 0 aliphatic heterocycles. The molecular formula is C18H19NO5. The zero-order valence-electron chi connectivity index (χ0n) is 13.8. The number of nitrogens with one attached hydrogen (secondary N) is 1. The van der Waals surface area contributed by atoms with Crippen LogP contribution in [0.4, 0.5) is 5.69 Å². The van der Waals surface area contributed by atoms with Gasteiger partial charge in [0.2, 0.25) is 0 Å². The van der Waals surface area contributed by atoms with Crippen LogP contribution < -0.4 is 14.8 Å². The third-order valence-electron chi connectivity index (χ3n) is 3.63. The first kappa shape index (κ1) is 17.3. The van der Waals surface area contributed by atoms with Gasteiger partial charge in [0.15, 0.2) is 6.61 Å². The van der Waals surface area contributed by atoms with E-state index in [4.69, 9.17) is 14.6 Å². The van der Waals surface area contributed by atoms with Crippen LogP contribution >= 0.6 is 0 Å². The van der Waals surface area contributed by atoms with Gasteiger partial charge >= 0.3 is 5.97 Å².